The zero-order valence-electron chi connectivity index (χ0n) is 6.96. The molecular formula is C8H10ClNO2S. The highest BCUT2D eigenvalue weighted by Crippen LogP contribution is 2.26. The molecule has 0 amide bonds. The van der Waals surface area contributed by atoms with E-state index in [1.54, 1.807) is 6.07 Å². The number of aliphatic carboxylic acids is 1. The van der Waals surface area contributed by atoms with Gasteiger partial charge in [-0.3, -0.25) is 0 Å². The number of carbonyl (C=O) groups is 1. The van der Waals surface area contributed by atoms with E-state index >= 15 is 0 Å². The van der Waals surface area contributed by atoms with Gasteiger partial charge in [-0.05, 0) is 18.6 Å². The highest BCUT2D eigenvalue weighted by atomic mass is 35.5. The van der Waals surface area contributed by atoms with Crippen molar-refractivity contribution >= 4 is 28.9 Å². The topological polar surface area (TPSA) is 67.8 Å². The Hall–Kier alpha value is -0.580. The van der Waals surface area contributed by atoms with E-state index in [4.69, 9.17) is 11.6 Å². The molecule has 0 aliphatic heterocycles. The maximum atomic E-state index is 10.2. The molecule has 1 rings (SSSR count). The molecule has 0 aromatic carbocycles. The van der Waals surface area contributed by atoms with E-state index in [0.717, 1.165) is 4.88 Å². The number of hydrogen-bond acceptors (Lipinski definition) is 3. The van der Waals surface area contributed by atoms with Crippen molar-refractivity contribution in [3.05, 3.63) is 21.3 Å². The maximum Gasteiger partial charge on any atom is 0.120 e. The van der Waals surface area contributed by atoms with Gasteiger partial charge in [-0.1, -0.05) is 11.6 Å². The normalized spacial score (nSPS) is 12.8. The molecule has 0 unspecified atom stereocenters. The van der Waals surface area contributed by atoms with Crippen LogP contribution in [0.3, 0.4) is 0 Å². The Morgan fingerprint density at radius 3 is 2.85 bits per heavy atom. The second kappa shape index (κ2) is 4.60. The van der Waals surface area contributed by atoms with E-state index in [-0.39, 0.29) is 12.5 Å². The molecule has 0 saturated heterocycles. The average Bonchev–Trinajstić information content (AvgIpc) is 2.47. The SMILES string of the molecule is [NH3+][C@@H](CCC(=O)[O-])c1ccc(Cl)s1. The van der Waals surface area contributed by atoms with Crippen molar-refractivity contribution in [1.82, 2.24) is 0 Å². The summed E-state index contributed by atoms with van der Waals surface area (Å²) in [6, 6.07) is 3.66. The van der Waals surface area contributed by atoms with Gasteiger partial charge >= 0.3 is 0 Å². The van der Waals surface area contributed by atoms with Crippen molar-refractivity contribution in [3.8, 4) is 0 Å². The van der Waals surface area contributed by atoms with E-state index in [1.165, 1.54) is 11.3 Å². The first-order valence-electron chi connectivity index (χ1n) is 3.87. The fourth-order valence-corrected chi connectivity index (χ4v) is 2.09. The lowest BCUT2D eigenvalue weighted by atomic mass is 10.1. The molecular weight excluding hydrogens is 210 g/mol. The second-order valence-corrected chi connectivity index (χ2v) is 4.50. The van der Waals surface area contributed by atoms with Crippen LogP contribution in [0.1, 0.15) is 23.8 Å². The van der Waals surface area contributed by atoms with Crippen LogP contribution >= 0.6 is 22.9 Å². The minimum absolute atomic E-state index is 0.00426. The number of halogens is 1. The van der Waals surface area contributed by atoms with Gasteiger partial charge in [-0.25, -0.2) is 0 Å². The molecule has 0 bridgehead atoms. The molecule has 1 aromatic heterocycles. The Morgan fingerprint density at radius 1 is 1.69 bits per heavy atom. The first kappa shape index (κ1) is 10.5. The van der Waals surface area contributed by atoms with Crippen LogP contribution in [0.2, 0.25) is 4.34 Å². The summed E-state index contributed by atoms with van der Waals surface area (Å²) in [7, 11) is 0. The van der Waals surface area contributed by atoms with Gasteiger partial charge in [0.15, 0.2) is 0 Å². The first-order chi connectivity index (χ1) is 6.09. The van der Waals surface area contributed by atoms with Gasteiger partial charge in [-0.15, -0.1) is 11.3 Å². The average molecular weight is 220 g/mol. The van der Waals surface area contributed by atoms with Gasteiger partial charge < -0.3 is 15.6 Å². The van der Waals surface area contributed by atoms with Crippen molar-refractivity contribution in [2.75, 3.05) is 0 Å². The molecule has 0 radical (unpaired) electrons. The Balaban J connectivity index is 2.48. The predicted octanol–water partition coefficient (Wildman–Crippen LogP) is 0.215. The fourth-order valence-electron chi connectivity index (χ4n) is 0.982. The minimum atomic E-state index is -1.03. The summed E-state index contributed by atoms with van der Waals surface area (Å²) in [6.45, 7) is 0. The third-order valence-electron chi connectivity index (χ3n) is 1.69. The fraction of sp³-hybridized carbons (Fsp3) is 0.375. The molecule has 0 spiro atoms. The van der Waals surface area contributed by atoms with Gasteiger partial charge in [0.25, 0.3) is 0 Å². The summed E-state index contributed by atoms with van der Waals surface area (Å²) < 4.78 is 0.706. The Labute approximate surface area is 85.1 Å². The van der Waals surface area contributed by atoms with Crippen molar-refractivity contribution < 1.29 is 15.6 Å². The lowest BCUT2D eigenvalue weighted by Crippen LogP contribution is -2.53. The molecule has 1 atom stereocenters. The van der Waals surface area contributed by atoms with Crippen molar-refractivity contribution in [2.45, 2.75) is 18.9 Å². The zero-order chi connectivity index (χ0) is 9.84. The summed E-state index contributed by atoms with van der Waals surface area (Å²) in [4.78, 5) is 11.2. The molecule has 0 fully saturated rings. The summed E-state index contributed by atoms with van der Waals surface area (Å²) in [5.74, 6) is -1.03. The summed E-state index contributed by atoms with van der Waals surface area (Å²) in [6.07, 6.45) is 0.545. The summed E-state index contributed by atoms with van der Waals surface area (Å²) in [5.41, 5.74) is 3.85. The molecule has 0 saturated carbocycles. The molecule has 13 heavy (non-hydrogen) atoms. The molecule has 1 heterocycles. The molecule has 3 nitrogen and oxygen atoms in total. The smallest absolute Gasteiger partial charge is 0.120 e. The van der Waals surface area contributed by atoms with Gasteiger partial charge in [-0.2, -0.15) is 0 Å². The van der Waals surface area contributed by atoms with Crippen molar-refractivity contribution in [1.29, 1.82) is 0 Å². The van der Waals surface area contributed by atoms with Crippen LogP contribution in [0.25, 0.3) is 0 Å². The Kier molecular flexibility index (Phi) is 3.71. The largest absolute Gasteiger partial charge is 0.550 e. The van der Waals surface area contributed by atoms with Gasteiger partial charge in [0.1, 0.15) is 6.04 Å². The standard InChI is InChI=1S/C8H10ClNO2S/c9-7-3-2-6(13-7)5(10)1-4-8(11)12/h2-3,5H,1,4,10H2,(H,11,12)/t5-/m0/s1. The summed E-state index contributed by atoms with van der Waals surface area (Å²) >= 11 is 7.17. The molecule has 5 heteroatoms. The first-order valence-corrected chi connectivity index (χ1v) is 5.07. The number of rotatable bonds is 4. The van der Waals surface area contributed by atoms with Gasteiger partial charge in [0.2, 0.25) is 0 Å². The number of carboxylic acid groups (broad SMARTS) is 1. The number of quaternary nitrogens is 1. The van der Waals surface area contributed by atoms with Gasteiger partial charge in [0, 0.05) is 12.4 Å². The molecule has 1 aromatic rings. The monoisotopic (exact) mass is 219 g/mol. The highest BCUT2D eigenvalue weighted by molar-refractivity contribution is 7.16. The van der Waals surface area contributed by atoms with Crippen LogP contribution in [0.4, 0.5) is 0 Å². The van der Waals surface area contributed by atoms with Crippen molar-refractivity contribution in [3.63, 3.8) is 0 Å². The van der Waals surface area contributed by atoms with Crippen LogP contribution in [-0.4, -0.2) is 5.97 Å². The van der Waals surface area contributed by atoms with Crippen LogP contribution in [0, 0.1) is 0 Å². The number of thiophene rings is 1. The lowest BCUT2D eigenvalue weighted by molar-refractivity contribution is -0.427. The highest BCUT2D eigenvalue weighted by Gasteiger charge is 2.11. The Morgan fingerprint density at radius 2 is 2.38 bits per heavy atom. The van der Waals surface area contributed by atoms with E-state index in [0.29, 0.717) is 10.8 Å². The molecule has 3 N–H and O–H groups in total. The van der Waals surface area contributed by atoms with Crippen LogP contribution in [-0.2, 0) is 4.79 Å². The maximum absolute atomic E-state index is 10.2. The summed E-state index contributed by atoms with van der Waals surface area (Å²) in [5, 5.41) is 10.2. The third kappa shape index (κ3) is 3.34. The van der Waals surface area contributed by atoms with Crippen LogP contribution in [0.15, 0.2) is 12.1 Å². The number of carboxylic acids is 1. The van der Waals surface area contributed by atoms with Crippen molar-refractivity contribution in [2.24, 2.45) is 0 Å². The second-order valence-electron chi connectivity index (χ2n) is 2.75. The third-order valence-corrected chi connectivity index (χ3v) is 3.09. The van der Waals surface area contributed by atoms with Gasteiger partial charge in [0.05, 0.1) is 9.21 Å². The molecule has 0 aliphatic carbocycles. The van der Waals surface area contributed by atoms with E-state index < -0.39 is 5.97 Å². The number of carbonyl (C=O) groups excluding carboxylic acids is 1. The minimum Gasteiger partial charge on any atom is -0.550 e. The number of hydrogen-bond donors (Lipinski definition) is 1. The zero-order valence-corrected chi connectivity index (χ0v) is 8.53. The van der Waals surface area contributed by atoms with E-state index in [1.807, 2.05) is 6.07 Å². The predicted molar refractivity (Wildman–Crippen MR) is 49.2 cm³/mol. The lowest BCUT2D eigenvalue weighted by Gasteiger charge is -2.05. The van der Waals surface area contributed by atoms with E-state index in [9.17, 15) is 9.90 Å². The van der Waals surface area contributed by atoms with Crippen LogP contribution < -0.4 is 10.8 Å². The van der Waals surface area contributed by atoms with Crippen LogP contribution in [0.5, 0.6) is 0 Å². The quantitative estimate of drug-likeness (QED) is 0.787. The Bertz CT molecular complexity index is 300. The molecule has 72 valence electrons. The molecule has 0 aliphatic rings. The van der Waals surface area contributed by atoms with E-state index in [2.05, 4.69) is 5.73 Å².